The summed E-state index contributed by atoms with van der Waals surface area (Å²) in [6, 6.07) is 2.48. The van der Waals surface area contributed by atoms with Crippen molar-refractivity contribution in [2.45, 2.75) is 32.7 Å². The lowest BCUT2D eigenvalue weighted by Crippen LogP contribution is -2.54. The number of carbonyl (C=O) groups is 1. The number of ketones is 1. The standard InChI is InChI=1S/C18H24BrFN2O2S/c1-18(2,3)22-7-5-21(6-8-22)16(25)11-15(23)13-9-12(20)10-14(19)17(13)24-4/h9-10H,5-8,11H2,1-4H3. The van der Waals surface area contributed by atoms with E-state index in [0.29, 0.717) is 15.2 Å². The van der Waals surface area contributed by atoms with E-state index in [0.717, 1.165) is 26.2 Å². The highest BCUT2D eigenvalue weighted by molar-refractivity contribution is 9.10. The average molecular weight is 431 g/mol. The highest BCUT2D eigenvalue weighted by Crippen LogP contribution is 2.31. The van der Waals surface area contributed by atoms with Gasteiger partial charge in [-0.2, -0.15) is 0 Å². The fraction of sp³-hybridized carbons (Fsp3) is 0.556. The number of ether oxygens (including phenoxy) is 1. The maximum absolute atomic E-state index is 13.7. The van der Waals surface area contributed by atoms with E-state index in [1.165, 1.54) is 19.2 Å². The quantitative estimate of drug-likeness (QED) is 0.533. The van der Waals surface area contributed by atoms with Crippen molar-refractivity contribution in [3.05, 3.63) is 28.0 Å². The number of methoxy groups -OCH3 is 1. The predicted octanol–water partition coefficient (Wildman–Crippen LogP) is 3.91. The van der Waals surface area contributed by atoms with Crippen molar-refractivity contribution >= 4 is 38.9 Å². The molecule has 0 saturated carbocycles. The van der Waals surface area contributed by atoms with Gasteiger partial charge in [-0.15, -0.1) is 0 Å². The van der Waals surface area contributed by atoms with Crippen molar-refractivity contribution in [2.24, 2.45) is 0 Å². The first kappa shape index (κ1) is 20.3. The van der Waals surface area contributed by atoms with Crippen LogP contribution >= 0.6 is 28.1 Å². The summed E-state index contributed by atoms with van der Waals surface area (Å²) < 4.78 is 19.3. The zero-order chi connectivity index (χ0) is 18.8. The number of benzene rings is 1. The Balaban J connectivity index is 2.04. The van der Waals surface area contributed by atoms with Gasteiger partial charge in [0, 0.05) is 31.7 Å². The zero-order valence-electron chi connectivity index (χ0n) is 15.1. The van der Waals surface area contributed by atoms with Crippen molar-refractivity contribution in [1.29, 1.82) is 0 Å². The fourth-order valence-corrected chi connectivity index (χ4v) is 3.85. The minimum atomic E-state index is -0.485. The van der Waals surface area contributed by atoms with Crippen LogP contribution in [0.4, 0.5) is 4.39 Å². The lowest BCUT2D eigenvalue weighted by Gasteiger charge is -2.43. The largest absolute Gasteiger partial charge is 0.495 e. The highest BCUT2D eigenvalue weighted by Gasteiger charge is 2.27. The Morgan fingerprint density at radius 3 is 2.40 bits per heavy atom. The second-order valence-electron chi connectivity index (χ2n) is 7.11. The zero-order valence-corrected chi connectivity index (χ0v) is 17.5. The number of hydrogen-bond donors (Lipinski definition) is 0. The van der Waals surface area contributed by atoms with Gasteiger partial charge in [0.05, 0.1) is 28.6 Å². The topological polar surface area (TPSA) is 32.8 Å². The first-order valence-electron chi connectivity index (χ1n) is 8.22. The molecular weight excluding hydrogens is 407 g/mol. The summed E-state index contributed by atoms with van der Waals surface area (Å²) in [5.41, 5.74) is 0.343. The van der Waals surface area contributed by atoms with Crippen molar-refractivity contribution in [3.8, 4) is 5.75 Å². The number of rotatable bonds is 4. The molecule has 0 N–H and O–H groups in total. The van der Waals surface area contributed by atoms with E-state index >= 15 is 0 Å². The Labute approximate surface area is 162 Å². The first-order valence-corrected chi connectivity index (χ1v) is 9.42. The fourth-order valence-electron chi connectivity index (χ4n) is 2.95. The van der Waals surface area contributed by atoms with Crippen molar-refractivity contribution in [1.82, 2.24) is 9.80 Å². The Bertz CT molecular complexity index is 668. The summed E-state index contributed by atoms with van der Waals surface area (Å²) in [5, 5.41) is 0. The van der Waals surface area contributed by atoms with Crippen LogP contribution in [0, 0.1) is 5.82 Å². The number of thiocarbonyl (C=S) groups is 1. The second-order valence-corrected chi connectivity index (χ2v) is 8.43. The van der Waals surface area contributed by atoms with Gasteiger partial charge < -0.3 is 9.64 Å². The van der Waals surface area contributed by atoms with Gasteiger partial charge in [-0.25, -0.2) is 4.39 Å². The smallest absolute Gasteiger partial charge is 0.173 e. The molecule has 1 aromatic carbocycles. The molecule has 1 aromatic rings. The molecule has 4 nitrogen and oxygen atoms in total. The molecule has 1 aliphatic rings. The summed E-state index contributed by atoms with van der Waals surface area (Å²) in [6.07, 6.45) is 0.0805. The minimum Gasteiger partial charge on any atom is -0.495 e. The number of nitrogens with zero attached hydrogens (tertiary/aromatic N) is 2. The summed E-state index contributed by atoms with van der Waals surface area (Å²) in [6.45, 7) is 10.00. The molecule has 1 heterocycles. The molecule has 7 heteroatoms. The SMILES string of the molecule is COc1c(Br)cc(F)cc1C(=O)CC(=S)N1CCN(C(C)(C)C)CC1. The summed E-state index contributed by atoms with van der Waals surface area (Å²) in [4.78, 5) is 17.7. The Morgan fingerprint density at radius 1 is 1.28 bits per heavy atom. The van der Waals surface area contributed by atoms with Crippen molar-refractivity contribution in [3.63, 3.8) is 0 Å². The first-order chi connectivity index (χ1) is 11.6. The third kappa shape index (κ3) is 4.99. The molecule has 0 spiro atoms. The van der Waals surface area contributed by atoms with Crippen LogP contribution in [0.25, 0.3) is 0 Å². The average Bonchev–Trinajstić information content (AvgIpc) is 2.53. The molecule has 0 atom stereocenters. The molecule has 0 bridgehead atoms. The molecule has 0 radical (unpaired) electrons. The molecule has 0 unspecified atom stereocenters. The van der Waals surface area contributed by atoms with Crippen molar-refractivity contribution in [2.75, 3.05) is 33.3 Å². The van der Waals surface area contributed by atoms with Crippen LogP contribution in [0.3, 0.4) is 0 Å². The Morgan fingerprint density at radius 2 is 1.88 bits per heavy atom. The van der Waals surface area contributed by atoms with Gasteiger partial charge in [-0.05, 0) is 48.8 Å². The van der Waals surface area contributed by atoms with E-state index in [4.69, 9.17) is 17.0 Å². The van der Waals surface area contributed by atoms with Crippen LogP contribution in [-0.4, -0.2) is 59.4 Å². The predicted molar refractivity (Wildman–Crippen MR) is 105 cm³/mol. The van der Waals surface area contributed by atoms with Gasteiger partial charge in [0.2, 0.25) is 0 Å². The van der Waals surface area contributed by atoms with Crippen LogP contribution in [-0.2, 0) is 0 Å². The van der Waals surface area contributed by atoms with Crippen LogP contribution in [0.5, 0.6) is 5.75 Å². The molecule has 0 aliphatic carbocycles. The number of hydrogen-bond acceptors (Lipinski definition) is 4. The molecule has 0 amide bonds. The number of halogens is 2. The van der Waals surface area contributed by atoms with E-state index in [1.54, 1.807) is 0 Å². The molecule has 138 valence electrons. The van der Waals surface area contributed by atoms with E-state index in [2.05, 4.69) is 46.5 Å². The van der Waals surface area contributed by atoms with Gasteiger partial charge in [-0.3, -0.25) is 9.69 Å². The summed E-state index contributed by atoms with van der Waals surface area (Å²) in [7, 11) is 1.46. The molecule has 1 fully saturated rings. The molecule has 0 aromatic heterocycles. The lowest BCUT2D eigenvalue weighted by molar-refractivity contribution is 0.0869. The lowest BCUT2D eigenvalue weighted by atomic mass is 10.0. The van der Waals surface area contributed by atoms with E-state index < -0.39 is 5.82 Å². The van der Waals surface area contributed by atoms with Crippen LogP contribution < -0.4 is 4.74 Å². The highest BCUT2D eigenvalue weighted by atomic mass is 79.9. The van der Waals surface area contributed by atoms with Gasteiger partial charge in [0.25, 0.3) is 0 Å². The van der Waals surface area contributed by atoms with Crippen LogP contribution in [0.2, 0.25) is 0 Å². The molecule has 1 saturated heterocycles. The van der Waals surface area contributed by atoms with Crippen molar-refractivity contribution < 1.29 is 13.9 Å². The van der Waals surface area contributed by atoms with Crippen LogP contribution in [0.1, 0.15) is 37.6 Å². The Kier molecular flexibility index (Phi) is 6.56. The number of piperazine rings is 1. The van der Waals surface area contributed by atoms with Gasteiger partial charge in [0.15, 0.2) is 5.78 Å². The summed E-state index contributed by atoms with van der Waals surface area (Å²) in [5.74, 6) is -0.382. The maximum atomic E-state index is 13.7. The third-order valence-corrected chi connectivity index (χ3v) is 5.40. The number of Topliss-reactive ketones (excluding diaryl/α,β-unsaturated/α-hetero) is 1. The molecule has 2 rings (SSSR count). The maximum Gasteiger partial charge on any atom is 0.173 e. The van der Waals surface area contributed by atoms with E-state index in [9.17, 15) is 9.18 Å². The monoisotopic (exact) mass is 430 g/mol. The van der Waals surface area contributed by atoms with Gasteiger partial charge in [0.1, 0.15) is 11.6 Å². The second kappa shape index (κ2) is 8.10. The number of carbonyl (C=O) groups excluding carboxylic acids is 1. The molecular formula is C18H24BrFN2O2S. The summed E-state index contributed by atoms with van der Waals surface area (Å²) >= 11 is 8.70. The van der Waals surface area contributed by atoms with Gasteiger partial charge in [-0.1, -0.05) is 12.2 Å². The molecule has 25 heavy (non-hydrogen) atoms. The third-order valence-electron chi connectivity index (χ3n) is 4.41. The molecule has 1 aliphatic heterocycles. The Hall–Kier alpha value is -1.05. The van der Waals surface area contributed by atoms with E-state index in [1.807, 2.05) is 0 Å². The van der Waals surface area contributed by atoms with E-state index in [-0.39, 0.29) is 23.3 Å². The minimum absolute atomic E-state index is 0.0805. The van der Waals surface area contributed by atoms with Crippen LogP contribution in [0.15, 0.2) is 16.6 Å². The van der Waals surface area contributed by atoms with Gasteiger partial charge >= 0.3 is 0 Å². The normalized spacial score (nSPS) is 16.0.